The van der Waals surface area contributed by atoms with Gasteiger partial charge in [-0.3, -0.25) is 0 Å². The fourth-order valence-electron chi connectivity index (χ4n) is 4.41. The van der Waals surface area contributed by atoms with Gasteiger partial charge in [0.25, 0.3) is 0 Å². The Morgan fingerprint density at radius 1 is 0.844 bits per heavy atom. The van der Waals surface area contributed by atoms with Crippen LogP contribution in [0.3, 0.4) is 0 Å². The van der Waals surface area contributed by atoms with Gasteiger partial charge in [-0.15, -0.1) is 0 Å². The lowest BCUT2D eigenvalue weighted by Gasteiger charge is -2.32. The largest absolute Gasteiger partial charge is 0.305 e. The lowest BCUT2D eigenvalue weighted by atomic mass is 10.1. The average molecular weight is 447 g/mol. The molecule has 1 aliphatic heterocycles. The standard InChI is InChI=1S/C25H26N4O2S/c1-18-8-11-22(12-9-18)32(30,31)28-16-14-21(15-17-28)29-24(20-6-4-3-5-7-20)27-23-13-10-19(2)26-25(23)29/h3-13,21H,14-17H2,1-2H3. The molecule has 0 atom stereocenters. The van der Waals surface area contributed by atoms with E-state index in [0.29, 0.717) is 30.8 Å². The zero-order valence-corrected chi connectivity index (χ0v) is 19.1. The van der Waals surface area contributed by atoms with Crippen molar-refractivity contribution in [2.24, 2.45) is 0 Å². The Morgan fingerprint density at radius 2 is 1.53 bits per heavy atom. The van der Waals surface area contributed by atoms with Crippen LogP contribution in [0.5, 0.6) is 0 Å². The summed E-state index contributed by atoms with van der Waals surface area (Å²) >= 11 is 0. The third kappa shape index (κ3) is 3.72. The predicted molar refractivity (Wildman–Crippen MR) is 126 cm³/mol. The minimum Gasteiger partial charge on any atom is -0.305 e. The number of imidazole rings is 1. The summed E-state index contributed by atoms with van der Waals surface area (Å²) < 4.78 is 30.1. The maximum absolute atomic E-state index is 13.1. The first-order valence-electron chi connectivity index (χ1n) is 10.9. The zero-order valence-electron chi connectivity index (χ0n) is 18.3. The highest BCUT2D eigenvalue weighted by molar-refractivity contribution is 7.89. The van der Waals surface area contributed by atoms with Gasteiger partial charge < -0.3 is 4.57 Å². The molecule has 0 N–H and O–H groups in total. The monoisotopic (exact) mass is 446 g/mol. The van der Waals surface area contributed by atoms with Crippen LogP contribution in [0.15, 0.2) is 71.6 Å². The molecule has 0 saturated carbocycles. The van der Waals surface area contributed by atoms with Crippen LogP contribution in [0.25, 0.3) is 22.6 Å². The van der Waals surface area contributed by atoms with E-state index in [2.05, 4.69) is 16.7 Å². The number of rotatable bonds is 4. The second-order valence-electron chi connectivity index (χ2n) is 8.42. The van der Waals surface area contributed by atoms with Gasteiger partial charge in [0, 0.05) is 30.4 Å². The number of hydrogen-bond donors (Lipinski definition) is 0. The second kappa shape index (κ2) is 8.15. The third-order valence-corrected chi connectivity index (χ3v) is 8.07. The van der Waals surface area contributed by atoms with Gasteiger partial charge in [-0.2, -0.15) is 4.31 Å². The molecule has 3 heterocycles. The second-order valence-corrected chi connectivity index (χ2v) is 10.4. The van der Waals surface area contributed by atoms with Crippen molar-refractivity contribution in [2.45, 2.75) is 37.6 Å². The Bertz CT molecular complexity index is 1350. The van der Waals surface area contributed by atoms with Gasteiger partial charge in [-0.1, -0.05) is 48.0 Å². The van der Waals surface area contributed by atoms with Crippen LogP contribution in [-0.2, 0) is 10.0 Å². The molecule has 0 bridgehead atoms. The van der Waals surface area contributed by atoms with Gasteiger partial charge in [-0.25, -0.2) is 18.4 Å². The van der Waals surface area contributed by atoms with Crippen LogP contribution in [-0.4, -0.2) is 40.3 Å². The molecule has 1 fully saturated rings. The van der Waals surface area contributed by atoms with Gasteiger partial charge >= 0.3 is 0 Å². The van der Waals surface area contributed by atoms with Gasteiger partial charge in [0.15, 0.2) is 5.65 Å². The summed E-state index contributed by atoms with van der Waals surface area (Å²) in [4.78, 5) is 10.0. The number of pyridine rings is 1. The number of aryl methyl sites for hydroxylation is 2. The molecule has 2 aromatic carbocycles. The third-order valence-electron chi connectivity index (χ3n) is 6.16. The van der Waals surface area contributed by atoms with Gasteiger partial charge in [0.1, 0.15) is 11.3 Å². The summed E-state index contributed by atoms with van der Waals surface area (Å²) in [7, 11) is -3.49. The molecule has 6 nitrogen and oxygen atoms in total. The van der Waals surface area contributed by atoms with E-state index in [4.69, 9.17) is 9.97 Å². The number of hydrogen-bond acceptors (Lipinski definition) is 4. The summed E-state index contributed by atoms with van der Waals surface area (Å²) in [5, 5.41) is 0. The first-order chi connectivity index (χ1) is 15.4. The Kier molecular flexibility index (Phi) is 5.31. The minimum atomic E-state index is -3.49. The van der Waals surface area contributed by atoms with E-state index >= 15 is 0 Å². The lowest BCUT2D eigenvalue weighted by molar-refractivity contribution is 0.278. The van der Waals surface area contributed by atoms with Crippen LogP contribution in [0.1, 0.15) is 30.1 Å². The number of benzene rings is 2. The number of fused-ring (bicyclic) bond motifs is 1. The topological polar surface area (TPSA) is 68.1 Å². The predicted octanol–water partition coefficient (Wildman–Crippen LogP) is 4.74. The molecule has 0 radical (unpaired) electrons. The number of sulfonamides is 1. The van der Waals surface area contributed by atoms with E-state index < -0.39 is 10.0 Å². The van der Waals surface area contributed by atoms with Crippen molar-refractivity contribution < 1.29 is 8.42 Å². The first-order valence-corrected chi connectivity index (χ1v) is 12.4. The molecular formula is C25H26N4O2S. The van der Waals surface area contributed by atoms with Crippen molar-refractivity contribution in [2.75, 3.05) is 13.1 Å². The van der Waals surface area contributed by atoms with Gasteiger partial charge in [-0.05, 0) is 51.0 Å². The highest BCUT2D eigenvalue weighted by Gasteiger charge is 2.32. The van der Waals surface area contributed by atoms with Crippen molar-refractivity contribution in [1.29, 1.82) is 0 Å². The number of nitrogens with zero attached hydrogens (tertiary/aromatic N) is 4. The Hall–Kier alpha value is -3.03. The molecule has 2 aromatic heterocycles. The minimum absolute atomic E-state index is 0.133. The highest BCUT2D eigenvalue weighted by Crippen LogP contribution is 2.34. The van der Waals surface area contributed by atoms with Crippen molar-refractivity contribution in [3.05, 3.63) is 78.0 Å². The van der Waals surface area contributed by atoms with Crippen molar-refractivity contribution >= 4 is 21.2 Å². The van der Waals surface area contributed by atoms with Crippen LogP contribution in [0.2, 0.25) is 0 Å². The number of aromatic nitrogens is 3. The molecule has 32 heavy (non-hydrogen) atoms. The number of piperidine rings is 1. The Labute approximate surface area is 188 Å². The maximum atomic E-state index is 13.1. The average Bonchev–Trinajstić information content (AvgIpc) is 3.18. The van der Waals surface area contributed by atoms with E-state index in [-0.39, 0.29) is 6.04 Å². The Morgan fingerprint density at radius 3 is 2.22 bits per heavy atom. The molecule has 0 spiro atoms. The van der Waals surface area contributed by atoms with Crippen LogP contribution in [0, 0.1) is 13.8 Å². The zero-order chi connectivity index (χ0) is 22.3. The molecule has 5 rings (SSSR count). The molecule has 4 aromatic rings. The molecule has 1 saturated heterocycles. The molecule has 164 valence electrons. The quantitative estimate of drug-likeness (QED) is 0.454. The van der Waals surface area contributed by atoms with E-state index in [9.17, 15) is 8.42 Å². The van der Waals surface area contributed by atoms with Crippen molar-refractivity contribution in [1.82, 2.24) is 18.8 Å². The summed E-state index contributed by atoms with van der Waals surface area (Å²) in [6.07, 6.45) is 1.43. The SMILES string of the molecule is Cc1ccc(S(=O)(=O)N2CCC(n3c(-c4ccccc4)nc4ccc(C)nc43)CC2)cc1. The summed E-state index contributed by atoms with van der Waals surface area (Å²) in [6.45, 7) is 4.88. The lowest BCUT2D eigenvalue weighted by Crippen LogP contribution is -2.39. The molecule has 0 unspecified atom stereocenters. The van der Waals surface area contributed by atoms with E-state index in [1.54, 1.807) is 16.4 Å². The van der Waals surface area contributed by atoms with Crippen molar-refractivity contribution in [3.8, 4) is 11.4 Å². The Balaban J connectivity index is 1.47. The summed E-state index contributed by atoms with van der Waals surface area (Å²) in [5.41, 5.74) is 4.76. The fourth-order valence-corrected chi connectivity index (χ4v) is 5.87. The first kappa shape index (κ1) is 20.8. The molecule has 0 aliphatic carbocycles. The van der Waals surface area contributed by atoms with Gasteiger partial charge in [0.05, 0.1) is 4.90 Å². The summed E-state index contributed by atoms with van der Waals surface area (Å²) in [6, 6.07) is 21.3. The van der Waals surface area contributed by atoms with E-state index in [1.807, 2.05) is 56.3 Å². The van der Waals surface area contributed by atoms with Crippen molar-refractivity contribution in [3.63, 3.8) is 0 Å². The smallest absolute Gasteiger partial charge is 0.243 e. The molecule has 0 amide bonds. The van der Waals surface area contributed by atoms with Crippen LogP contribution < -0.4 is 0 Å². The van der Waals surface area contributed by atoms with Gasteiger partial charge in [0.2, 0.25) is 10.0 Å². The summed E-state index contributed by atoms with van der Waals surface area (Å²) in [5.74, 6) is 0.888. The van der Waals surface area contributed by atoms with E-state index in [0.717, 1.165) is 33.8 Å². The van der Waals surface area contributed by atoms with Crippen LogP contribution in [0.4, 0.5) is 0 Å². The highest BCUT2D eigenvalue weighted by atomic mass is 32.2. The molecule has 7 heteroatoms. The van der Waals surface area contributed by atoms with E-state index in [1.165, 1.54) is 0 Å². The van der Waals surface area contributed by atoms with Crippen LogP contribution >= 0.6 is 0 Å². The molecule has 1 aliphatic rings. The maximum Gasteiger partial charge on any atom is 0.243 e. The normalized spacial score (nSPS) is 15.9. The molecular weight excluding hydrogens is 420 g/mol. The fraction of sp³-hybridized carbons (Fsp3) is 0.280.